The molecular weight excluding hydrogens is 480 g/mol. The number of nitrogens with one attached hydrogen (secondary N) is 3. The molecule has 2 aliphatic rings. The lowest BCUT2D eigenvalue weighted by atomic mass is 10.0. The lowest BCUT2D eigenvalue weighted by Gasteiger charge is -2.22. The number of aromatic amines is 1. The standard InChI is InChI=1S/C25H32N6O4S/c1-13-21(23(33)27-6-7-35-3)36-24(29-13)19-10-28-22-18(4-5-26-22)20(19)30-17-8-15-11-31(12-16(15)9-17)25(34)14(2)32/h4-5,10,14-17,32H,6-9,11-12H2,1-3H3,(H,27,33)(H2,26,28,30)/t14-,15-,16+,17?/m0/s1. The first kappa shape index (κ1) is 24.7. The second-order valence-corrected chi connectivity index (χ2v) is 10.7. The number of hydrogen-bond donors (Lipinski definition) is 4. The van der Waals surface area contributed by atoms with Crippen LogP contribution in [0.1, 0.15) is 35.1 Å². The van der Waals surface area contributed by atoms with E-state index in [9.17, 15) is 14.7 Å². The molecule has 3 aromatic rings. The van der Waals surface area contributed by atoms with E-state index in [1.54, 1.807) is 12.0 Å². The van der Waals surface area contributed by atoms with Gasteiger partial charge in [-0.1, -0.05) is 0 Å². The molecule has 1 aliphatic carbocycles. The molecule has 0 bridgehead atoms. The number of anilines is 1. The van der Waals surface area contributed by atoms with Gasteiger partial charge in [0, 0.05) is 50.6 Å². The lowest BCUT2D eigenvalue weighted by molar-refractivity contribution is -0.138. The fourth-order valence-corrected chi connectivity index (χ4v) is 6.46. The van der Waals surface area contributed by atoms with Crippen molar-refractivity contribution in [2.45, 2.75) is 38.8 Å². The number of rotatable bonds is 8. The summed E-state index contributed by atoms with van der Waals surface area (Å²) < 4.78 is 5.02. The monoisotopic (exact) mass is 512 g/mol. The number of carbonyl (C=O) groups excluding carboxylic acids is 2. The molecule has 2 fully saturated rings. The largest absolute Gasteiger partial charge is 0.384 e. The number of hydrogen-bond acceptors (Lipinski definition) is 8. The van der Waals surface area contributed by atoms with Crippen molar-refractivity contribution in [1.29, 1.82) is 0 Å². The summed E-state index contributed by atoms with van der Waals surface area (Å²) in [6.45, 7) is 5.66. The Morgan fingerprint density at radius 2 is 2.08 bits per heavy atom. The molecule has 0 aromatic carbocycles. The van der Waals surface area contributed by atoms with E-state index in [1.807, 2.05) is 25.4 Å². The SMILES string of the molecule is COCCNC(=O)c1sc(-c2cnc3[nH]ccc3c2NC2C[C@@H]3CN(C(=O)[C@H](C)O)C[C@@H]3C2)nc1C. The first-order valence-corrected chi connectivity index (χ1v) is 13.1. The Hall–Kier alpha value is -3.02. The Balaban J connectivity index is 1.37. The van der Waals surface area contributed by atoms with E-state index in [2.05, 4.69) is 20.6 Å². The molecule has 192 valence electrons. The van der Waals surface area contributed by atoms with Crippen LogP contribution >= 0.6 is 11.3 Å². The van der Waals surface area contributed by atoms with Gasteiger partial charge in [0.2, 0.25) is 0 Å². The minimum atomic E-state index is -0.951. The zero-order valence-electron chi connectivity index (χ0n) is 20.7. The number of aliphatic hydroxyl groups excluding tert-OH is 1. The quantitative estimate of drug-likeness (QED) is 0.341. The molecule has 1 saturated heterocycles. The van der Waals surface area contributed by atoms with Gasteiger partial charge in [-0.3, -0.25) is 9.59 Å². The first-order valence-electron chi connectivity index (χ1n) is 12.3. The molecule has 5 rings (SSSR count). The van der Waals surface area contributed by atoms with Crippen LogP contribution in [0.3, 0.4) is 0 Å². The summed E-state index contributed by atoms with van der Waals surface area (Å²) in [4.78, 5) is 39.8. The second kappa shape index (κ2) is 10.2. The molecule has 4 N–H and O–H groups in total. The van der Waals surface area contributed by atoms with Crippen molar-refractivity contribution in [3.8, 4) is 10.6 Å². The Morgan fingerprint density at radius 3 is 2.78 bits per heavy atom. The number of ether oxygens (including phenoxy) is 1. The Kier molecular flexibility index (Phi) is 6.96. The van der Waals surface area contributed by atoms with E-state index < -0.39 is 6.10 Å². The van der Waals surface area contributed by atoms with Crippen molar-refractivity contribution in [1.82, 2.24) is 25.2 Å². The summed E-state index contributed by atoms with van der Waals surface area (Å²) >= 11 is 1.36. The van der Waals surface area contributed by atoms with Crippen LogP contribution in [0.25, 0.3) is 21.6 Å². The molecule has 10 nitrogen and oxygen atoms in total. The molecular formula is C25H32N6O4S. The summed E-state index contributed by atoms with van der Waals surface area (Å²) in [5.74, 6) is 0.502. The topological polar surface area (TPSA) is 132 Å². The Bertz CT molecular complexity index is 1260. The van der Waals surface area contributed by atoms with Gasteiger partial charge < -0.3 is 30.4 Å². The molecule has 4 atom stereocenters. The van der Waals surface area contributed by atoms with Gasteiger partial charge in [-0.15, -0.1) is 11.3 Å². The van der Waals surface area contributed by atoms with Crippen LogP contribution in [0, 0.1) is 18.8 Å². The van der Waals surface area contributed by atoms with Crippen LogP contribution in [-0.2, 0) is 9.53 Å². The summed E-state index contributed by atoms with van der Waals surface area (Å²) in [6, 6.07) is 2.26. The van der Waals surface area contributed by atoms with Gasteiger partial charge in [0.05, 0.1) is 23.6 Å². The number of aliphatic hydroxyl groups is 1. The average Bonchev–Trinajstić information content (AvgIpc) is 3.61. The van der Waals surface area contributed by atoms with E-state index in [0.717, 1.165) is 40.1 Å². The van der Waals surface area contributed by atoms with E-state index >= 15 is 0 Å². The molecule has 4 heterocycles. The van der Waals surface area contributed by atoms with Crippen LogP contribution in [0.2, 0.25) is 0 Å². The Morgan fingerprint density at radius 1 is 1.33 bits per heavy atom. The fraction of sp³-hybridized carbons (Fsp3) is 0.520. The number of fused-ring (bicyclic) bond motifs is 2. The highest BCUT2D eigenvalue weighted by Crippen LogP contribution is 2.42. The smallest absolute Gasteiger partial charge is 0.263 e. The third-order valence-electron chi connectivity index (χ3n) is 7.18. The minimum Gasteiger partial charge on any atom is -0.384 e. The predicted molar refractivity (Wildman–Crippen MR) is 138 cm³/mol. The molecule has 11 heteroatoms. The molecule has 3 aromatic heterocycles. The van der Waals surface area contributed by atoms with E-state index in [-0.39, 0.29) is 17.9 Å². The van der Waals surface area contributed by atoms with Crippen LogP contribution in [0.4, 0.5) is 5.69 Å². The highest BCUT2D eigenvalue weighted by atomic mass is 32.1. The maximum atomic E-state index is 12.7. The molecule has 1 aliphatic heterocycles. The van der Waals surface area contributed by atoms with Gasteiger partial charge in [-0.25, -0.2) is 9.97 Å². The second-order valence-electron chi connectivity index (χ2n) is 9.72. The van der Waals surface area contributed by atoms with Crippen LogP contribution in [0.5, 0.6) is 0 Å². The maximum absolute atomic E-state index is 12.7. The van der Waals surface area contributed by atoms with Gasteiger partial charge in [-0.05, 0) is 44.6 Å². The van der Waals surface area contributed by atoms with E-state index in [4.69, 9.17) is 9.72 Å². The molecule has 0 spiro atoms. The van der Waals surface area contributed by atoms with Gasteiger partial charge in [-0.2, -0.15) is 0 Å². The molecule has 36 heavy (non-hydrogen) atoms. The van der Waals surface area contributed by atoms with Gasteiger partial charge in [0.25, 0.3) is 11.8 Å². The van der Waals surface area contributed by atoms with Gasteiger partial charge in [0.15, 0.2) is 0 Å². The predicted octanol–water partition coefficient (Wildman–Crippen LogP) is 2.40. The van der Waals surface area contributed by atoms with Crippen molar-refractivity contribution in [3.63, 3.8) is 0 Å². The van der Waals surface area contributed by atoms with Gasteiger partial charge in [0.1, 0.15) is 21.6 Å². The number of nitrogens with zero attached hydrogens (tertiary/aromatic N) is 3. The number of likely N-dealkylation sites (tertiary alicyclic amines) is 1. The zero-order valence-corrected chi connectivity index (χ0v) is 21.5. The summed E-state index contributed by atoms with van der Waals surface area (Å²) in [6.07, 6.45) is 4.63. The molecule has 0 radical (unpaired) electrons. The third kappa shape index (κ3) is 4.70. The van der Waals surface area contributed by atoms with Crippen molar-refractivity contribution < 1.29 is 19.4 Å². The zero-order chi connectivity index (χ0) is 25.4. The highest BCUT2D eigenvalue weighted by molar-refractivity contribution is 7.17. The van der Waals surface area contributed by atoms with E-state index in [1.165, 1.54) is 18.3 Å². The number of thiazole rings is 1. The number of amides is 2. The summed E-state index contributed by atoms with van der Waals surface area (Å²) in [5, 5.41) is 18.0. The number of H-pyrrole nitrogens is 1. The molecule has 1 unspecified atom stereocenters. The van der Waals surface area contributed by atoms with Crippen molar-refractivity contribution in [2.24, 2.45) is 11.8 Å². The molecule has 1 saturated carbocycles. The van der Waals surface area contributed by atoms with Crippen molar-refractivity contribution >= 4 is 39.9 Å². The highest BCUT2D eigenvalue weighted by Gasteiger charge is 2.43. The summed E-state index contributed by atoms with van der Waals surface area (Å²) in [7, 11) is 1.60. The maximum Gasteiger partial charge on any atom is 0.263 e. The molecule has 2 amide bonds. The normalized spacial score (nSPS) is 22.1. The Labute approximate surface area is 213 Å². The lowest BCUT2D eigenvalue weighted by Crippen LogP contribution is -2.37. The number of methoxy groups -OCH3 is 1. The van der Waals surface area contributed by atoms with Crippen LogP contribution in [0.15, 0.2) is 18.5 Å². The number of carbonyl (C=O) groups is 2. The van der Waals surface area contributed by atoms with Crippen molar-refractivity contribution in [3.05, 3.63) is 29.0 Å². The van der Waals surface area contributed by atoms with Crippen molar-refractivity contribution in [2.75, 3.05) is 38.7 Å². The number of aromatic nitrogens is 3. The minimum absolute atomic E-state index is 0.154. The van der Waals surface area contributed by atoms with Gasteiger partial charge >= 0.3 is 0 Å². The average molecular weight is 513 g/mol. The third-order valence-corrected chi connectivity index (χ3v) is 8.37. The van der Waals surface area contributed by atoms with E-state index in [0.29, 0.717) is 48.6 Å². The van der Waals surface area contributed by atoms with Crippen LogP contribution in [-0.4, -0.2) is 82.3 Å². The number of pyridine rings is 1. The fourth-order valence-electron chi connectivity index (χ4n) is 5.46. The summed E-state index contributed by atoms with van der Waals surface area (Å²) in [5.41, 5.74) is 3.31. The number of aryl methyl sites for hydroxylation is 1. The first-order chi connectivity index (χ1) is 17.4. The van der Waals surface area contributed by atoms with Crippen LogP contribution < -0.4 is 10.6 Å².